The molecule has 0 amide bonds. The Balaban J connectivity index is 4.04. The average molecular weight is 302 g/mol. The van der Waals surface area contributed by atoms with E-state index in [2.05, 4.69) is 27.7 Å². The third-order valence-electron chi connectivity index (χ3n) is 4.26. The summed E-state index contributed by atoms with van der Waals surface area (Å²) in [5.74, 6) is -0.414. The highest BCUT2D eigenvalue weighted by atomic mass is 16.8. The highest BCUT2D eigenvalue weighted by molar-refractivity contribution is 4.60. The van der Waals surface area contributed by atoms with E-state index in [1.807, 2.05) is 0 Å². The third-order valence-corrected chi connectivity index (χ3v) is 4.26. The van der Waals surface area contributed by atoms with Crippen LogP contribution in [0.25, 0.3) is 0 Å². The van der Waals surface area contributed by atoms with E-state index in [1.165, 1.54) is 25.7 Å². The second kappa shape index (κ2) is 12.4. The standard InChI is InChI=1S/C18H38O3/c1-6-10-12-16(8-3)14-20-18(5,19)21-15-17(9-4)13-11-7-2/h16-17,19H,6-15H2,1-5H3. The Bertz CT molecular complexity index is 207. The van der Waals surface area contributed by atoms with E-state index >= 15 is 0 Å². The number of unbranched alkanes of at least 4 members (excludes halogenated alkanes) is 2. The lowest BCUT2D eigenvalue weighted by atomic mass is 10.0. The molecule has 1 N–H and O–H groups in total. The number of ether oxygens (including phenoxy) is 2. The van der Waals surface area contributed by atoms with Crippen molar-refractivity contribution in [1.82, 2.24) is 0 Å². The molecule has 0 saturated heterocycles. The van der Waals surface area contributed by atoms with E-state index in [9.17, 15) is 5.11 Å². The first kappa shape index (κ1) is 20.9. The summed E-state index contributed by atoms with van der Waals surface area (Å²) >= 11 is 0. The zero-order chi connectivity index (χ0) is 16.1. The first-order valence-corrected chi connectivity index (χ1v) is 8.99. The summed E-state index contributed by atoms with van der Waals surface area (Å²) in [5, 5.41) is 10.2. The molecule has 0 aliphatic heterocycles. The Morgan fingerprint density at radius 2 is 1.19 bits per heavy atom. The summed E-state index contributed by atoms with van der Waals surface area (Å²) in [4.78, 5) is 0. The molecule has 0 aliphatic rings. The van der Waals surface area contributed by atoms with Gasteiger partial charge in [0.25, 0.3) is 5.97 Å². The maximum atomic E-state index is 10.2. The van der Waals surface area contributed by atoms with Crippen molar-refractivity contribution in [3.8, 4) is 0 Å². The quantitative estimate of drug-likeness (QED) is 0.453. The minimum absolute atomic E-state index is 0.516. The number of hydrogen-bond donors (Lipinski definition) is 1. The Morgan fingerprint density at radius 1 is 0.810 bits per heavy atom. The molecule has 0 spiro atoms. The highest BCUT2D eigenvalue weighted by Gasteiger charge is 2.24. The summed E-state index contributed by atoms with van der Waals surface area (Å²) in [6.07, 6.45) is 9.36. The molecule has 0 aromatic rings. The molecule has 0 rings (SSSR count). The van der Waals surface area contributed by atoms with Gasteiger partial charge in [0, 0.05) is 6.92 Å². The van der Waals surface area contributed by atoms with Crippen LogP contribution in [0.1, 0.15) is 86.0 Å². The van der Waals surface area contributed by atoms with Crippen LogP contribution in [-0.2, 0) is 9.47 Å². The summed E-state index contributed by atoms with van der Waals surface area (Å²) in [5.41, 5.74) is 0. The Labute approximate surface area is 132 Å². The van der Waals surface area contributed by atoms with Gasteiger partial charge in [-0.3, -0.25) is 0 Å². The first-order valence-electron chi connectivity index (χ1n) is 8.99. The van der Waals surface area contributed by atoms with Gasteiger partial charge in [0.2, 0.25) is 0 Å². The van der Waals surface area contributed by atoms with Crippen LogP contribution in [-0.4, -0.2) is 24.3 Å². The van der Waals surface area contributed by atoms with Crippen LogP contribution in [0, 0.1) is 11.8 Å². The van der Waals surface area contributed by atoms with E-state index in [4.69, 9.17) is 9.47 Å². The average Bonchev–Trinajstić information content (AvgIpc) is 2.47. The monoisotopic (exact) mass is 302 g/mol. The molecule has 21 heavy (non-hydrogen) atoms. The lowest BCUT2D eigenvalue weighted by molar-refractivity contribution is -0.355. The lowest BCUT2D eigenvalue weighted by Crippen LogP contribution is -2.35. The van der Waals surface area contributed by atoms with Crippen molar-refractivity contribution in [3.63, 3.8) is 0 Å². The fourth-order valence-corrected chi connectivity index (χ4v) is 2.38. The molecule has 0 radical (unpaired) electrons. The molecule has 0 fully saturated rings. The second-order valence-corrected chi connectivity index (χ2v) is 6.35. The molecular formula is C18H38O3. The van der Waals surface area contributed by atoms with Gasteiger partial charge in [0.15, 0.2) is 0 Å². The normalized spacial score (nSPS) is 17.4. The Kier molecular flexibility index (Phi) is 12.4. The van der Waals surface area contributed by atoms with E-state index in [0.717, 1.165) is 25.7 Å². The maximum Gasteiger partial charge on any atom is 0.277 e. The fraction of sp³-hybridized carbons (Fsp3) is 1.00. The van der Waals surface area contributed by atoms with Crippen molar-refractivity contribution >= 4 is 0 Å². The van der Waals surface area contributed by atoms with Crippen molar-refractivity contribution in [1.29, 1.82) is 0 Å². The first-order chi connectivity index (χ1) is 9.99. The molecule has 0 aromatic heterocycles. The van der Waals surface area contributed by atoms with Crippen LogP contribution in [0.15, 0.2) is 0 Å². The van der Waals surface area contributed by atoms with Crippen molar-refractivity contribution in [2.45, 2.75) is 92.0 Å². The zero-order valence-electron chi connectivity index (χ0n) is 15.0. The summed E-state index contributed by atoms with van der Waals surface area (Å²) in [6.45, 7) is 11.5. The van der Waals surface area contributed by atoms with Crippen molar-refractivity contribution < 1.29 is 14.6 Å². The molecule has 0 heterocycles. The lowest BCUT2D eigenvalue weighted by Gasteiger charge is -2.28. The minimum atomic E-state index is -1.45. The van der Waals surface area contributed by atoms with Crippen molar-refractivity contribution in [3.05, 3.63) is 0 Å². The molecule has 0 aromatic carbocycles. The fourth-order valence-electron chi connectivity index (χ4n) is 2.38. The van der Waals surface area contributed by atoms with Gasteiger partial charge in [0.1, 0.15) is 0 Å². The largest absolute Gasteiger partial charge is 0.344 e. The summed E-state index contributed by atoms with van der Waals surface area (Å²) in [7, 11) is 0. The van der Waals surface area contributed by atoms with Crippen LogP contribution < -0.4 is 0 Å². The van der Waals surface area contributed by atoms with Crippen LogP contribution >= 0.6 is 0 Å². The van der Waals surface area contributed by atoms with Crippen LogP contribution in [0.3, 0.4) is 0 Å². The number of rotatable bonds is 14. The molecule has 128 valence electrons. The topological polar surface area (TPSA) is 38.7 Å². The predicted octanol–water partition coefficient (Wildman–Crippen LogP) is 5.12. The minimum Gasteiger partial charge on any atom is -0.344 e. The predicted molar refractivity (Wildman–Crippen MR) is 89.1 cm³/mol. The van der Waals surface area contributed by atoms with Gasteiger partial charge in [-0.25, -0.2) is 0 Å². The zero-order valence-corrected chi connectivity index (χ0v) is 15.0. The van der Waals surface area contributed by atoms with Gasteiger partial charge < -0.3 is 14.6 Å². The SMILES string of the molecule is CCCCC(CC)COC(C)(O)OCC(CC)CCCC. The van der Waals surface area contributed by atoms with Gasteiger partial charge in [-0.05, 0) is 24.7 Å². The highest BCUT2D eigenvalue weighted by Crippen LogP contribution is 2.20. The van der Waals surface area contributed by atoms with Gasteiger partial charge in [-0.15, -0.1) is 0 Å². The third kappa shape index (κ3) is 11.1. The molecule has 0 aliphatic carbocycles. The Morgan fingerprint density at radius 3 is 1.48 bits per heavy atom. The van der Waals surface area contributed by atoms with Gasteiger partial charge >= 0.3 is 0 Å². The van der Waals surface area contributed by atoms with Gasteiger partial charge in [-0.2, -0.15) is 0 Å². The van der Waals surface area contributed by atoms with Gasteiger partial charge in [0.05, 0.1) is 13.2 Å². The van der Waals surface area contributed by atoms with E-state index in [0.29, 0.717) is 25.0 Å². The van der Waals surface area contributed by atoms with E-state index in [-0.39, 0.29) is 0 Å². The molecule has 0 bridgehead atoms. The molecule has 2 unspecified atom stereocenters. The molecule has 3 nitrogen and oxygen atoms in total. The molecule has 2 atom stereocenters. The summed E-state index contributed by atoms with van der Waals surface area (Å²) < 4.78 is 11.2. The van der Waals surface area contributed by atoms with Crippen molar-refractivity contribution in [2.75, 3.05) is 13.2 Å². The molecule has 3 heteroatoms. The van der Waals surface area contributed by atoms with Crippen LogP contribution in [0.5, 0.6) is 0 Å². The number of aliphatic hydroxyl groups is 1. The van der Waals surface area contributed by atoms with E-state index < -0.39 is 5.97 Å². The Hall–Kier alpha value is -0.120. The van der Waals surface area contributed by atoms with Gasteiger partial charge in [-0.1, -0.05) is 66.2 Å². The molecular weight excluding hydrogens is 264 g/mol. The molecule has 0 saturated carbocycles. The smallest absolute Gasteiger partial charge is 0.277 e. The number of hydrogen-bond acceptors (Lipinski definition) is 3. The van der Waals surface area contributed by atoms with Crippen molar-refractivity contribution in [2.24, 2.45) is 11.8 Å². The van der Waals surface area contributed by atoms with Crippen LogP contribution in [0.2, 0.25) is 0 Å². The summed E-state index contributed by atoms with van der Waals surface area (Å²) in [6, 6.07) is 0. The van der Waals surface area contributed by atoms with Crippen LogP contribution in [0.4, 0.5) is 0 Å². The second-order valence-electron chi connectivity index (χ2n) is 6.35. The van der Waals surface area contributed by atoms with E-state index in [1.54, 1.807) is 6.92 Å². The maximum absolute atomic E-state index is 10.2.